The second-order valence-corrected chi connectivity index (χ2v) is 5.72. The van der Waals surface area contributed by atoms with Crippen LogP contribution in [0.2, 0.25) is 0 Å². The first-order chi connectivity index (χ1) is 10.7. The number of anilines is 4. The maximum absolute atomic E-state index is 4.48. The minimum atomic E-state index is 0.558. The van der Waals surface area contributed by atoms with Crippen LogP contribution in [0, 0.1) is 6.92 Å². The number of nitrogens with one attached hydrogen (secondary N) is 2. The molecule has 0 bridgehead atoms. The molecule has 0 spiro atoms. The normalized spacial score (nSPS) is 10.3. The molecule has 0 saturated heterocycles. The van der Waals surface area contributed by atoms with E-state index >= 15 is 0 Å². The Labute approximate surface area is 137 Å². The van der Waals surface area contributed by atoms with Crippen molar-refractivity contribution >= 4 is 39.1 Å². The van der Waals surface area contributed by atoms with E-state index in [1.807, 2.05) is 42.5 Å². The summed E-state index contributed by atoms with van der Waals surface area (Å²) in [6.45, 7) is 2.05. The topological polar surface area (TPSA) is 49.8 Å². The fraction of sp³-hybridized carbons (Fsp3) is 0.0588. The van der Waals surface area contributed by atoms with Crippen molar-refractivity contribution in [1.82, 2.24) is 9.97 Å². The van der Waals surface area contributed by atoms with Gasteiger partial charge < -0.3 is 10.6 Å². The van der Waals surface area contributed by atoms with Gasteiger partial charge in [-0.2, -0.15) is 4.98 Å². The molecule has 0 saturated carbocycles. The Morgan fingerprint density at radius 1 is 0.955 bits per heavy atom. The summed E-state index contributed by atoms with van der Waals surface area (Å²) in [6, 6.07) is 17.8. The van der Waals surface area contributed by atoms with Gasteiger partial charge in [0.05, 0.1) is 5.69 Å². The zero-order valence-electron chi connectivity index (χ0n) is 12.0. The molecular weight excluding hydrogens is 340 g/mol. The highest BCUT2D eigenvalue weighted by Gasteiger charge is 2.03. The molecule has 0 aliphatic heterocycles. The molecular formula is C17H15BrN4. The van der Waals surface area contributed by atoms with E-state index in [0.29, 0.717) is 5.95 Å². The van der Waals surface area contributed by atoms with Crippen LogP contribution in [-0.2, 0) is 0 Å². The van der Waals surface area contributed by atoms with Gasteiger partial charge in [-0.15, -0.1) is 0 Å². The van der Waals surface area contributed by atoms with Crippen LogP contribution in [0.15, 0.2) is 65.3 Å². The van der Waals surface area contributed by atoms with Gasteiger partial charge in [0.2, 0.25) is 5.95 Å². The van der Waals surface area contributed by atoms with Crippen molar-refractivity contribution in [2.45, 2.75) is 6.92 Å². The van der Waals surface area contributed by atoms with Crippen molar-refractivity contribution in [3.8, 4) is 0 Å². The van der Waals surface area contributed by atoms with Crippen LogP contribution in [-0.4, -0.2) is 9.97 Å². The summed E-state index contributed by atoms with van der Waals surface area (Å²) in [6.07, 6.45) is 1.73. The number of nitrogens with zero attached hydrogens (tertiary/aromatic N) is 2. The number of halogens is 1. The Balaban J connectivity index is 1.79. The molecule has 0 fully saturated rings. The first kappa shape index (κ1) is 14.5. The molecule has 2 aromatic carbocycles. The highest BCUT2D eigenvalue weighted by Crippen LogP contribution is 2.25. The van der Waals surface area contributed by atoms with Crippen LogP contribution < -0.4 is 10.6 Å². The summed E-state index contributed by atoms with van der Waals surface area (Å²) in [5, 5.41) is 6.48. The lowest BCUT2D eigenvalue weighted by atomic mass is 10.2. The third-order valence-electron chi connectivity index (χ3n) is 3.07. The molecule has 0 aliphatic carbocycles. The average Bonchev–Trinajstić information content (AvgIpc) is 2.50. The monoisotopic (exact) mass is 354 g/mol. The molecule has 0 atom stereocenters. The molecule has 3 aromatic rings. The van der Waals surface area contributed by atoms with E-state index in [1.165, 1.54) is 5.56 Å². The van der Waals surface area contributed by atoms with E-state index < -0.39 is 0 Å². The number of hydrogen-bond acceptors (Lipinski definition) is 4. The van der Waals surface area contributed by atoms with E-state index in [4.69, 9.17) is 0 Å². The molecule has 5 heteroatoms. The summed E-state index contributed by atoms with van der Waals surface area (Å²) >= 11 is 3.51. The SMILES string of the molecule is Cc1cccc(Nc2nccc(Nc3ccccc3Br)n2)c1. The summed E-state index contributed by atoms with van der Waals surface area (Å²) in [4.78, 5) is 8.73. The van der Waals surface area contributed by atoms with Crippen molar-refractivity contribution in [2.24, 2.45) is 0 Å². The van der Waals surface area contributed by atoms with E-state index in [2.05, 4.69) is 55.6 Å². The number of benzene rings is 2. The van der Waals surface area contributed by atoms with E-state index in [0.717, 1.165) is 21.7 Å². The lowest BCUT2D eigenvalue weighted by molar-refractivity contribution is 1.16. The first-order valence-corrected chi connectivity index (χ1v) is 7.68. The van der Waals surface area contributed by atoms with Crippen LogP contribution in [0.3, 0.4) is 0 Å². The van der Waals surface area contributed by atoms with Gasteiger partial charge >= 0.3 is 0 Å². The van der Waals surface area contributed by atoms with Crippen LogP contribution in [0.5, 0.6) is 0 Å². The summed E-state index contributed by atoms with van der Waals surface area (Å²) in [5.41, 5.74) is 3.12. The predicted octanol–water partition coefficient (Wildman–Crippen LogP) is 5.03. The van der Waals surface area contributed by atoms with Crippen LogP contribution in [0.1, 0.15) is 5.56 Å². The van der Waals surface area contributed by atoms with Crippen molar-refractivity contribution in [2.75, 3.05) is 10.6 Å². The van der Waals surface area contributed by atoms with Crippen molar-refractivity contribution < 1.29 is 0 Å². The van der Waals surface area contributed by atoms with Gasteiger partial charge in [-0.1, -0.05) is 24.3 Å². The number of aryl methyl sites for hydroxylation is 1. The van der Waals surface area contributed by atoms with Gasteiger partial charge in [0.15, 0.2) is 0 Å². The average molecular weight is 355 g/mol. The van der Waals surface area contributed by atoms with Crippen molar-refractivity contribution in [3.05, 3.63) is 70.8 Å². The minimum absolute atomic E-state index is 0.558. The van der Waals surface area contributed by atoms with Crippen molar-refractivity contribution in [3.63, 3.8) is 0 Å². The van der Waals surface area contributed by atoms with E-state index in [9.17, 15) is 0 Å². The minimum Gasteiger partial charge on any atom is -0.339 e. The highest BCUT2D eigenvalue weighted by atomic mass is 79.9. The standard InChI is InChI=1S/C17H15BrN4/c1-12-5-4-6-13(11-12)20-17-19-10-9-16(22-17)21-15-8-3-2-7-14(15)18/h2-11H,1H3,(H2,19,20,21,22). The molecule has 0 unspecified atom stereocenters. The summed E-state index contributed by atoms with van der Waals surface area (Å²) in [5.74, 6) is 1.29. The molecule has 2 N–H and O–H groups in total. The van der Waals surface area contributed by atoms with E-state index in [-0.39, 0.29) is 0 Å². The molecule has 0 radical (unpaired) electrons. The van der Waals surface area contributed by atoms with Gasteiger partial charge in [0.1, 0.15) is 5.82 Å². The number of aromatic nitrogens is 2. The number of para-hydroxylation sites is 1. The zero-order valence-corrected chi connectivity index (χ0v) is 13.6. The highest BCUT2D eigenvalue weighted by molar-refractivity contribution is 9.10. The molecule has 22 heavy (non-hydrogen) atoms. The molecule has 1 heterocycles. The van der Waals surface area contributed by atoms with Crippen LogP contribution in [0.4, 0.5) is 23.1 Å². The Hall–Kier alpha value is -2.40. The van der Waals surface area contributed by atoms with Crippen LogP contribution in [0.25, 0.3) is 0 Å². The first-order valence-electron chi connectivity index (χ1n) is 6.89. The summed E-state index contributed by atoms with van der Waals surface area (Å²) < 4.78 is 0.988. The van der Waals surface area contributed by atoms with Gasteiger partial charge in [0, 0.05) is 16.4 Å². The second kappa shape index (κ2) is 6.58. The second-order valence-electron chi connectivity index (χ2n) is 4.86. The molecule has 4 nitrogen and oxygen atoms in total. The molecule has 3 rings (SSSR count). The quantitative estimate of drug-likeness (QED) is 0.689. The molecule has 0 amide bonds. The van der Waals surface area contributed by atoms with Crippen LogP contribution >= 0.6 is 15.9 Å². The number of rotatable bonds is 4. The van der Waals surface area contributed by atoms with E-state index in [1.54, 1.807) is 6.20 Å². The Morgan fingerprint density at radius 3 is 2.64 bits per heavy atom. The molecule has 1 aromatic heterocycles. The number of hydrogen-bond donors (Lipinski definition) is 2. The summed E-state index contributed by atoms with van der Waals surface area (Å²) in [7, 11) is 0. The molecule has 110 valence electrons. The Kier molecular flexibility index (Phi) is 4.34. The maximum Gasteiger partial charge on any atom is 0.229 e. The third-order valence-corrected chi connectivity index (χ3v) is 3.76. The Bertz CT molecular complexity index is 789. The van der Waals surface area contributed by atoms with Crippen molar-refractivity contribution in [1.29, 1.82) is 0 Å². The zero-order chi connectivity index (χ0) is 15.4. The van der Waals surface area contributed by atoms with Gasteiger partial charge in [-0.3, -0.25) is 0 Å². The lowest BCUT2D eigenvalue weighted by Gasteiger charge is -2.10. The lowest BCUT2D eigenvalue weighted by Crippen LogP contribution is -2.00. The van der Waals surface area contributed by atoms with Gasteiger partial charge in [-0.25, -0.2) is 4.98 Å². The smallest absolute Gasteiger partial charge is 0.229 e. The Morgan fingerprint density at radius 2 is 1.82 bits per heavy atom. The fourth-order valence-corrected chi connectivity index (χ4v) is 2.42. The largest absolute Gasteiger partial charge is 0.339 e. The third kappa shape index (κ3) is 3.62. The van der Waals surface area contributed by atoms with Gasteiger partial charge in [0.25, 0.3) is 0 Å². The fourth-order valence-electron chi connectivity index (χ4n) is 2.04. The predicted molar refractivity (Wildman–Crippen MR) is 93.9 cm³/mol. The molecule has 0 aliphatic rings. The van der Waals surface area contributed by atoms with Gasteiger partial charge in [-0.05, 0) is 58.7 Å². The maximum atomic E-state index is 4.48.